The molecule has 4 aliphatic heterocycles. The van der Waals surface area contributed by atoms with Gasteiger partial charge >= 0.3 is 5.97 Å². The Hall–Kier alpha value is -4.52. The number of hydrogen-bond donors (Lipinski definition) is 1. The van der Waals surface area contributed by atoms with E-state index < -0.39 is 35.7 Å². The Morgan fingerprint density at radius 1 is 0.979 bits per heavy atom. The van der Waals surface area contributed by atoms with Crippen LogP contribution in [-0.4, -0.2) is 98.5 Å². The number of hydrogen-bond acceptors (Lipinski definition) is 9. The predicted octanol–water partition coefficient (Wildman–Crippen LogP) is 4.04. The van der Waals surface area contributed by atoms with Gasteiger partial charge in [0.15, 0.2) is 5.82 Å². The van der Waals surface area contributed by atoms with Gasteiger partial charge in [-0.15, -0.1) is 0 Å². The van der Waals surface area contributed by atoms with Crippen LogP contribution < -0.4 is 10.2 Å². The normalized spacial score (nSPS) is 21.1. The number of nitrogens with zero attached hydrogens (tertiary/aromatic N) is 4. The van der Waals surface area contributed by atoms with Crippen molar-refractivity contribution in [2.75, 3.05) is 63.3 Å². The van der Waals surface area contributed by atoms with E-state index in [1.165, 1.54) is 24.1 Å². The molecule has 2 fully saturated rings. The number of anilines is 2. The third-order valence-electron chi connectivity index (χ3n) is 9.50. The minimum atomic E-state index is -1.04. The van der Waals surface area contributed by atoms with Gasteiger partial charge in [-0.3, -0.25) is 14.5 Å². The molecule has 0 aliphatic carbocycles. The topological polar surface area (TPSA) is 113 Å². The van der Waals surface area contributed by atoms with Crippen molar-refractivity contribution in [1.82, 2.24) is 9.80 Å². The van der Waals surface area contributed by atoms with Crippen molar-refractivity contribution in [3.63, 3.8) is 0 Å². The Balaban J connectivity index is 1.15. The lowest BCUT2D eigenvalue weighted by molar-refractivity contribution is -0.148. The van der Waals surface area contributed by atoms with Crippen molar-refractivity contribution in [2.24, 2.45) is 5.16 Å². The number of oxime groups is 1. The van der Waals surface area contributed by atoms with Crippen molar-refractivity contribution in [1.29, 1.82) is 0 Å². The minimum Gasteiger partial charge on any atom is -0.465 e. The van der Waals surface area contributed by atoms with Crippen LogP contribution in [-0.2, 0) is 30.3 Å². The van der Waals surface area contributed by atoms with Crippen molar-refractivity contribution < 1.29 is 33.1 Å². The number of carbonyl (C=O) groups is 3. The molecule has 4 aliphatic rings. The molecule has 0 spiro atoms. The highest BCUT2D eigenvalue weighted by molar-refractivity contribution is 6.31. The van der Waals surface area contributed by atoms with E-state index in [0.717, 1.165) is 56.2 Å². The molecule has 1 unspecified atom stereocenters. The number of ether oxygens (including phenoxy) is 2. The molecule has 0 bridgehead atoms. The monoisotopic (exact) mass is 675 g/mol. The second kappa shape index (κ2) is 13.5. The number of rotatable bonds is 7. The molecule has 7 rings (SSSR count). The molecule has 4 heterocycles. The summed E-state index contributed by atoms with van der Waals surface area (Å²) in [4.78, 5) is 52.2. The van der Waals surface area contributed by atoms with Crippen LogP contribution >= 0.6 is 11.6 Å². The van der Waals surface area contributed by atoms with Crippen LogP contribution in [0.15, 0.2) is 65.8 Å². The van der Waals surface area contributed by atoms with Gasteiger partial charge in [-0.1, -0.05) is 35.0 Å². The van der Waals surface area contributed by atoms with Gasteiger partial charge in [-0.25, -0.2) is 9.18 Å². The SMILES string of the molecule is COC(=O)c1ccc(NC(=O)[C@H]2c3cccc(N4CCN(C5COC5)CC4)c3CCN2C(=O)C2CC(c3cccc(Cl)c3F)=NO2)cc1. The second-order valence-corrected chi connectivity index (χ2v) is 12.6. The van der Waals surface area contributed by atoms with Crippen molar-refractivity contribution >= 4 is 46.5 Å². The first kappa shape index (κ1) is 32.0. The summed E-state index contributed by atoms with van der Waals surface area (Å²) in [5.41, 5.74) is 4.05. The molecular weight excluding hydrogens is 641 g/mol. The lowest BCUT2D eigenvalue weighted by Crippen LogP contribution is -2.57. The van der Waals surface area contributed by atoms with E-state index in [9.17, 15) is 18.8 Å². The third kappa shape index (κ3) is 6.11. The largest absolute Gasteiger partial charge is 0.465 e. The van der Waals surface area contributed by atoms with E-state index in [1.54, 1.807) is 30.3 Å². The lowest BCUT2D eigenvalue weighted by Gasteiger charge is -2.44. The van der Waals surface area contributed by atoms with Crippen LogP contribution in [0, 0.1) is 5.82 Å². The highest BCUT2D eigenvalue weighted by Gasteiger charge is 2.43. The number of methoxy groups -OCH3 is 1. The first-order valence-corrected chi connectivity index (χ1v) is 16.4. The molecule has 2 saturated heterocycles. The summed E-state index contributed by atoms with van der Waals surface area (Å²) in [5.74, 6) is -1.96. The minimum absolute atomic E-state index is 0.0269. The van der Waals surface area contributed by atoms with Crippen LogP contribution in [0.25, 0.3) is 0 Å². The maximum atomic E-state index is 14.8. The van der Waals surface area contributed by atoms with Gasteiger partial charge in [-0.2, -0.15) is 0 Å². The molecule has 3 aromatic carbocycles. The highest BCUT2D eigenvalue weighted by Crippen LogP contribution is 2.38. The zero-order chi connectivity index (χ0) is 33.4. The zero-order valence-electron chi connectivity index (χ0n) is 26.4. The van der Waals surface area contributed by atoms with Gasteiger partial charge in [0.25, 0.3) is 11.8 Å². The number of amides is 2. The number of piperazine rings is 1. The number of nitrogens with one attached hydrogen (secondary N) is 1. The maximum Gasteiger partial charge on any atom is 0.337 e. The van der Waals surface area contributed by atoms with E-state index >= 15 is 0 Å². The van der Waals surface area contributed by atoms with E-state index in [1.807, 2.05) is 12.1 Å². The summed E-state index contributed by atoms with van der Waals surface area (Å²) < 4.78 is 25.0. The molecule has 1 N–H and O–H groups in total. The first-order valence-electron chi connectivity index (χ1n) is 16.0. The van der Waals surface area contributed by atoms with Crippen molar-refractivity contribution in [2.45, 2.75) is 31.0 Å². The van der Waals surface area contributed by atoms with Crippen LogP contribution in [0.5, 0.6) is 0 Å². The molecule has 0 radical (unpaired) electrons. The molecular formula is C35H35ClFN5O6. The van der Waals surface area contributed by atoms with Crippen LogP contribution in [0.2, 0.25) is 5.02 Å². The Morgan fingerprint density at radius 2 is 1.73 bits per heavy atom. The fourth-order valence-electron chi connectivity index (χ4n) is 6.83. The molecule has 48 heavy (non-hydrogen) atoms. The second-order valence-electron chi connectivity index (χ2n) is 12.2. The molecule has 2 amide bonds. The average Bonchev–Trinajstić information content (AvgIpc) is 3.58. The Labute approximate surface area is 282 Å². The summed E-state index contributed by atoms with van der Waals surface area (Å²) in [7, 11) is 1.30. The van der Waals surface area contributed by atoms with Crippen molar-refractivity contribution in [3.05, 3.63) is 93.8 Å². The molecule has 11 nitrogen and oxygen atoms in total. The summed E-state index contributed by atoms with van der Waals surface area (Å²) in [6.07, 6.45) is -0.477. The standard InChI is InChI=1S/C35H35ClFN5O6/c1-46-35(45)21-8-10-22(11-9-21)38-33(43)32-25-4-3-7-29(41-16-14-40(15-17-41)23-19-47-20-23)24(25)12-13-42(32)34(44)30-18-28(39-48-30)26-5-2-6-27(36)31(26)37/h2-11,23,30,32H,12-20H2,1H3,(H,38,43)/t30?,32-/m1/s1. The van der Waals surface area contributed by atoms with E-state index in [2.05, 4.69) is 26.3 Å². The van der Waals surface area contributed by atoms with Gasteiger partial charge in [0.2, 0.25) is 6.10 Å². The van der Waals surface area contributed by atoms with Gasteiger partial charge in [0.05, 0.1) is 42.7 Å². The summed E-state index contributed by atoms with van der Waals surface area (Å²) >= 11 is 5.99. The highest BCUT2D eigenvalue weighted by atomic mass is 35.5. The molecule has 13 heteroatoms. The number of esters is 1. The van der Waals surface area contributed by atoms with E-state index in [0.29, 0.717) is 23.7 Å². The summed E-state index contributed by atoms with van der Waals surface area (Å²) in [6.45, 7) is 5.34. The van der Waals surface area contributed by atoms with Crippen LogP contribution in [0.1, 0.15) is 39.5 Å². The van der Waals surface area contributed by atoms with Gasteiger partial charge in [0, 0.05) is 56.1 Å². The number of fused-ring (bicyclic) bond motifs is 1. The van der Waals surface area contributed by atoms with Crippen molar-refractivity contribution in [3.8, 4) is 0 Å². The Bertz CT molecular complexity index is 1760. The summed E-state index contributed by atoms with van der Waals surface area (Å²) in [5, 5.41) is 6.92. The first-order chi connectivity index (χ1) is 23.3. The average molecular weight is 676 g/mol. The Kier molecular flexibility index (Phi) is 9.04. The number of benzene rings is 3. The van der Waals surface area contributed by atoms with Crippen LogP contribution in [0.3, 0.4) is 0 Å². The fraction of sp³-hybridized carbons (Fsp3) is 0.371. The molecule has 2 atom stereocenters. The number of carbonyl (C=O) groups excluding carboxylic acids is 3. The number of halogens is 2. The van der Waals surface area contributed by atoms with Gasteiger partial charge in [-0.05, 0) is 60.0 Å². The van der Waals surface area contributed by atoms with Gasteiger partial charge in [0.1, 0.15) is 6.04 Å². The zero-order valence-corrected chi connectivity index (χ0v) is 27.1. The lowest BCUT2D eigenvalue weighted by atomic mass is 9.89. The molecule has 0 aromatic heterocycles. The smallest absolute Gasteiger partial charge is 0.337 e. The third-order valence-corrected chi connectivity index (χ3v) is 9.79. The Morgan fingerprint density at radius 3 is 2.44 bits per heavy atom. The van der Waals surface area contributed by atoms with E-state index in [4.69, 9.17) is 25.9 Å². The maximum absolute atomic E-state index is 14.8. The van der Waals surface area contributed by atoms with Crippen LogP contribution in [0.4, 0.5) is 15.8 Å². The summed E-state index contributed by atoms with van der Waals surface area (Å²) in [6, 6.07) is 16.3. The quantitative estimate of drug-likeness (QED) is 0.374. The molecule has 3 aromatic rings. The van der Waals surface area contributed by atoms with E-state index in [-0.39, 0.29) is 29.3 Å². The fourth-order valence-corrected chi connectivity index (χ4v) is 7.00. The molecule has 0 saturated carbocycles. The predicted molar refractivity (Wildman–Crippen MR) is 177 cm³/mol. The van der Waals surface area contributed by atoms with Gasteiger partial charge < -0.3 is 29.4 Å². The molecule has 250 valence electrons.